The highest BCUT2D eigenvalue weighted by atomic mass is 13.8. The third-order valence-corrected chi connectivity index (χ3v) is 1.79. The topological polar surface area (TPSA) is 0 Å². The van der Waals surface area contributed by atoms with Crippen LogP contribution in [0.5, 0.6) is 0 Å². The molecule has 0 saturated carbocycles. The minimum absolute atomic E-state index is 1.17. The van der Waals surface area contributed by atoms with Crippen LogP contribution in [-0.4, -0.2) is 0 Å². The SMILES string of the molecule is CCCC=C/C=C/c1ccccc1. The summed E-state index contributed by atoms with van der Waals surface area (Å²) in [6, 6.07) is 10.3. The standard InChI is InChI=1S/C13H16/c1-2-3-4-5-7-10-13-11-8-6-9-12-13/h4-12H,2-3H2,1H3/b5-4?,10-7+. The molecule has 0 N–H and O–H groups in total. The molecule has 0 fully saturated rings. The fourth-order valence-corrected chi connectivity index (χ4v) is 1.07. The normalized spacial score (nSPS) is 11.5. The number of hydrogen-bond donors (Lipinski definition) is 0. The van der Waals surface area contributed by atoms with Crippen molar-refractivity contribution in [3.63, 3.8) is 0 Å². The predicted molar refractivity (Wildman–Crippen MR) is 59.5 cm³/mol. The quantitative estimate of drug-likeness (QED) is 0.601. The van der Waals surface area contributed by atoms with E-state index in [2.05, 4.69) is 55.5 Å². The molecule has 1 aromatic carbocycles. The minimum Gasteiger partial charge on any atom is -0.0845 e. The van der Waals surface area contributed by atoms with Gasteiger partial charge in [0.15, 0.2) is 0 Å². The van der Waals surface area contributed by atoms with Crippen molar-refractivity contribution in [2.75, 3.05) is 0 Å². The van der Waals surface area contributed by atoms with Gasteiger partial charge in [0.05, 0.1) is 0 Å². The number of hydrogen-bond acceptors (Lipinski definition) is 0. The molecule has 0 atom stereocenters. The number of rotatable bonds is 4. The van der Waals surface area contributed by atoms with E-state index in [1.54, 1.807) is 0 Å². The monoisotopic (exact) mass is 172 g/mol. The first kappa shape index (κ1) is 9.79. The summed E-state index contributed by atoms with van der Waals surface area (Å²) < 4.78 is 0. The van der Waals surface area contributed by atoms with Gasteiger partial charge in [-0.2, -0.15) is 0 Å². The van der Waals surface area contributed by atoms with Crippen molar-refractivity contribution in [3.05, 3.63) is 54.1 Å². The molecule has 68 valence electrons. The van der Waals surface area contributed by atoms with Crippen LogP contribution in [0.2, 0.25) is 0 Å². The van der Waals surface area contributed by atoms with E-state index in [9.17, 15) is 0 Å². The van der Waals surface area contributed by atoms with Gasteiger partial charge in [0.1, 0.15) is 0 Å². The average Bonchev–Trinajstić information content (AvgIpc) is 2.19. The molecule has 0 spiro atoms. The van der Waals surface area contributed by atoms with Crippen LogP contribution in [-0.2, 0) is 0 Å². The fraction of sp³-hybridized carbons (Fsp3) is 0.231. The van der Waals surface area contributed by atoms with E-state index in [-0.39, 0.29) is 0 Å². The van der Waals surface area contributed by atoms with Crippen molar-refractivity contribution in [1.82, 2.24) is 0 Å². The lowest BCUT2D eigenvalue weighted by Gasteiger charge is -1.88. The Bertz CT molecular complexity index is 267. The molecular formula is C13H16. The largest absolute Gasteiger partial charge is 0.0845 e. The molecule has 0 aliphatic rings. The Balaban J connectivity index is 2.41. The Morgan fingerprint density at radius 1 is 1.08 bits per heavy atom. The zero-order valence-corrected chi connectivity index (χ0v) is 8.11. The molecule has 0 heteroatoms. The minimum atomic E-state index is 1.17. The first-order chi connectivity index (χ1) is 6.43. The summed E-state index contributed by atoms with van der Waals surface area (Å²) in [6.45, 7) is 2.19. The molecule has 1 rings (SSSR count). The van der Waals surface area contributed by atoms with Gasteiger partial charge in [-0.05, 0) is 12.0 Å². The Morgan fingerprint density at radius 3 is 2.54 bits per heavy atom. The molecule has 1 aromatic rings. The van der Waals surface area contributed by atoms with Crippen molar-refractivity contribution in [2.24, 2.45) is 0 Å². The maximum Gasteiger partial charge on any atom is -0.0257 e. The maximum absolute atomic E-state index is 2.19. The summed E-state index contributed by atoms with van der Waals surface area (Å²) in [5, 5.41) is 0. The van der Waals surface area contributed by atoms with E-state index in [1.165, 1.54) is 18.4 Å². The molecule has 0 aliphatic carbocycles. The molecule has 0 bridgehead atoms. The van der Waals surface area contributed by atoms with Gasteiger partial charge >= 0.3 is 0 Å². The van der Waals surface area contributed by atoms with Crippen LogP contribution in [0.3, 0.4) is 0 Å². The number of allylic oxidation sites excluding steroid dienone is 3. The zero-order chi connectivity index (χ0) is 9.36. The number of unbranched alkanes of at least 4 members (excludes halogenated alkanes) is 1. The molecule has 0 amide bonds. The van der Waals surface area contributed by atoms with Crippen LogP contribution in [0, 0.1) is 0 Å². The van der Waals surface area contributed by atoms with Crippen molar-refractivity contribution in [2.45, 2.75) is 19.8 Å². The van der Waals surface area contributed by atoms with E-state index in [4.69, 9.17) is 0 Å². The van der Waals surface area contributed by atoms with Crippen LogP contribution in [0.25, 0.3) is 6.08 Å². The van der Waals surface area contributed by atoms with Gasteiger partial charge in [-0.25, -0.2) is 0 Å². The third-order valence-electron chi connectivity index (χ3n) is 1.79. The van der Waals surface area contributed by atoms with Gasteiger partial charge < -0.3 is 0 Å². The molecule has 0 radical (unpaired) electrons. The maximum atomic E-state index is 2.19. The molecule has 0 nitrogen and oxygen atoms in total. The van der Waals surface area contributed by atoms with Crippen molar-refractivity contribution < 1.29 is 0 Å². The lowest BCUT2D eigenvalue weighted by atomic mass is 10.2. The highest BCUT2D eigenvalue weighted by Crippen LogP contribution is 2.01. The second kappa shape index (κ2) is 6.24. The van der Waals surface area contributed by atoms with Gasteiger partial charge in [0.25, 0.3) is 0 Å². The molecule has 0 heterocycles. The van der Waals surface area contributed by atoms with E-state index in [0.29, 0.717) is 0 Å². The second-order valence-electron chi connectivity index (χ2n) is 2.99. The first-order valence-electron chi connectivity index (χ1n) is 4.81. The summed E-state index contributed by atoms with van der Waals surface area (Å²) in [5.74, 6) is 0. The lowest BCUT2D eigenvalue weighted by Crippen LogP contribution is -1.66. The Morgan fingerprint density at radius 2 is 1.85 bits per heavy atom. The van der Waals surface area contributed by atoms with Gasteiger partial charge in [-0.15, -0.1) is 0 Å². The van der Waals surface area contributed by atoms with E-state index in [1.807, 2.05) is 6.07 Å². The van der Waals surface area contributed by atoms with Gasteiger partial charge in [-0.3, -0.25) is 0 Å². The number of benzene rings is 1. The summed E-state index contributed by atoms with van der Waals surface area (Å²) in [6.07, 6.45) is 10.9. The van der Waals surface area contributed by atoms with Crippen LogP contribution in [0.4, 0.5) is 0 Å². The van der Waals surface area contributed by atoms with E-state index in [0.717, 1.165) is 0 Å². The molecular weight excluding hydrogens is 156 g/mol. The Kier molecular flexibility index (Phi) is 4.70. The summed E-state index contributed by atoms with van der Waals surface area (Å²) in [4.78, 5) is 0. The van der Waals surface area contributed by atoms with Crippen molar-refractivity contribution in [3.8, 4) is 0 Å². The van der Waals surface area contributed by atoms with Crippen molar-refractivity contribution in [1.29, 1.82) is 0 Å². The van der Waals surface area contributed by atoms with Crippen LogP contribution in [0.1, 0.15) is 25.3 Å². The van der Waals surface area contributed by atoms with Crippen LogP contribution >= 0.6 is 0 Å². The Labute approximate surface area is 80.6 Å². The lowest BCUT2D eigenvalue weighted by molar-refractivity contribution is 0.959. The third kappa shape index (κ3) is 4.32. The smallest absolute Gasteiger partial charge is 0.0257 e. The molecule has 0 unspecified atom stereocenters. The molecule has 13 heavy (non-hydrogen) atoms. The fourth-order valence-electron chi connectivity index (χ4n) is 1.07. The summed E-state index contributed by atoms with van der Waals surface area (Å²) in [5.41, 5.74) is 1.25. The highest BCUT2D eigenvalue weighted by molar-refractivity contribution is 5.50. The molecule has 0 aliphatic heterocycles. The van der Waals surface area contributed by atoms with Crippen molar-refractivity contribution >= 4 is 6.08 Å². The van der Waals surface area contributed by atoms with Gasteiger partial charge in [0.2, 0.25) is 0 Å². The molecule has 0 aromatic heterocycles. The first-order valence-corrected chi connectivity index (χ1v) is 4.81. The van der Waals surface area contributed by atoms with Crippen LogP contribution < -0.4 is 0 Å². The van der Waals surface area contributed by atoms with Gasteiger partial charge in [-0.1, -0.05) is 68.0 Å². The molecule has 0 saturated heterocycles. The highest BCUT2D eigenvalue weighted by Gasteiger charge is 1.79. The average molecular weight is 172 g/mol. The predicted octanol–water partition coefficient (Wildman–Crippen LogP) is 4.06. The second-order valence-corrected chi connectivity index (χ2v) is 2.99. The Hall–Kier alpha value is -1.30. The zero-order valence-electron chi connectivity index (χ0n) is 8.11. The van der Waals surface area contributed by atoms with Gasteiger partial charge in [0, 0.05) is 0 Å². The van der Waals surface area contributed by atoms with E-state index < -0.39 is 0 Å². The van der Waals surface area contributed by atoms with E-state index >= 15 is 0 Å². The summed E-state index contributed by atoms with van der Waals surface area (Å²) >= 11 is 0. The van der Waals surface area contributed by atoms with Crippen LogP contribution in [0.15, 0.2) is 48.6 Å². The summed E-state index contributed by atoms with van der Waals surface area (Å²) in [7, 11) is 0.